The fraction of sp³-hybridized carbons (Fsp3) is 0.120. The molecule has 0 unspecified atom stereocenters. The summed E-state index contributed by atoms with van der Waals surface area (Å²) >= 11 is 0. The lowest BCUT2D eigenvalue weighted by atomic mass is 9.99. The zero-order chi connectivity index (χ0) is 19.3. The fourth-order valence-electron chi connectivity index (χ4n) is 3.87. The monoisotopic (exact) mass is 365 g/mol. The standard InChI is InChI=1S/C25H21N2O/c1-16-9-11-20(24-23(16)21-12-10-17(2)26-25(21)28-24)22-15-19(13-14-27(22)3)18-7-5-4-6-8-18/h4-15H,1-3H3/q+1. The molecule has 0 aliphatic carbocycles. The molecule has 3 heteroatoms. The maximum absolute atomic E-state index is 6.28. The number of aromatic nitrogens is 2. The predicted octanol–water partition coefficient (Wildman–Crippen LogP) is 5.76. The third-order valence-electron chi connectivity index (χ3n) is 5.37. The van der Waals surface area contributed by atoms with Gasteiger partial charge < -0.3 is 4.42 Å². The molecule has 28 heavy (non-hydrogen) atoms. The van der Waals surface area contributed by atoms with E-state index in [-0.39, 0.29) is 0 Å². The maximum Gasteiger partial charge on any atom is 0.227 e. The molecule has 0 atom stereocenters. The Balaban J connectivity index is 1.80. The zero-order valence-corrected chi connectivity index (χ0v) is 16.2. The number of hydrogen-bond acceptors (Lipinski definition) is 2. The van der Waals surface area contributed by atoms with E-state index in [1.54, 1.807) is 0 Å². The van der Waals surface area contributed by atoms with Crippen LogP contribution in [-0.2, 0) is 7.05 Å². The number of hydrogen-bond donors (Lipinski definition) is 0. The smallest absolute Gasteiger partial charge is 0.227 e. The lowest BCUT2D eigenvalue weighted by Gasteiger charge is -2.06. The number of aryl methyl sites for hydroxylation is 3. The Bertz CT molecular complexity index is 1330. The van der Waals surface area contributed by atoms with Gasteiger partial charge in [-0.2, -0.15) is 0 Å². The summed E-state index contributed by atoms with van der Waals surface area (Å²) in [5.41, 5.74) is 8.34. The van der Waals surface area contributed by atoms with Crippen molar-refractivity contribution in [2.24, 2.45) is 7.05 Å². The first-order valence-corrected chi connectivity index (χ1v) is 9.47. The average Bonchev–Trinajstić information content (AvgIpc) is 3.09. The third kappa shape index (κ3) is 2.59. The summed E-state index contributed by atoms with van der Waals surface area (Å²) in [6.07, 6.45) is 2.11. The first-order valence-electron chi connectivity index (χ1n) is 9.47. The molecule has 5 aromatic rings. The van der Waals surface area contributed by atoms with Gasteiger partial charge in [-0.05, 0) is 48.7 Å². The van der Waals surface area contributed by atoms with Gasteiger partial charge in [0.2, 0.25) is 11.4 Å². The quantitative estimate of drug-likeness (QED) is 0.373. The Morgan fingerprint density at radius 3 is 2.50 bits per heavy atom. The first kappa shape index (κ1) is 16.7. The summed E-state index contributed by atoms with van der Waals surface area (Å²) in [6, 6.07) is 23.3. The fourth-order valence-corrected chi connectivity index (χ4v) is 3.87. The molecular formula is C25H21N2O+. The summed E-state index contributed by atoms with van der Waals surface area (Å²) in [7, 11) is 2.07. The van der Waals surface area contributed by atoms with Gasteiger partial charge in [0.1, 0.15) is 7.05 Å². The largest absolute Gasteiger partial charge is 0.437 e. The average molecular weight is 365 g/mol. The molecule has 0 amide bonds. The molecule has 0 aliphatic rings. The van der Waals surface area contributed by atoms with Crippen LogP contribution in [-0.4, -0.2) is 4.98 Å². The topological polar surface area (TPSA) is 29.9 Å². The van der Waals surface area contributed by atoms with E-state index in [2.05, 4.69) is 84.3 Å². The van der Waals surface area contributed by atoms with E-state index >= 15 is 0 Å². The SMILES string of the molecule is Cc1ccc2c(n1)oc1c(-c3cc(-c4ccccc4)cc[n+]3C)ccc(C)c12. The molecule has 0 spiro atoms. The van der Waals surface area contributed by atoms with Crippen molar-refractivity contribution >= 4 is 22.1 Å². The Labute approximate surface area is 163 Å². The van der Waals surface area contributed by atoms with Gasteiger partial charge in [-0.25, -0.2) is 9.55 Å². The maximum atomic E-state index is 6.28. The summed E-state index contributed by atoms with van der Waals surface area (Å²) in [5, 5.41) is 2.21. The van der Waals surface area contributed by atoms with Crippen molar-refractivity contribution in [1.82, 2.24) is 4.98 Å². The van der Waals surface area contributed by atoms with Crippen LogP contribution in [0.25, 0.3) is 44.5 Å². The minimum Gasteiger partial charge on any atom is -0.437 e. The normalized spacial score (nSPS) is 11.4. The summed E-state index contributed by atoms with van der Waals surface area (Å²) in [5.74, 6) is 0. The van der Waals surface area contributed by atoms with Crippen LogP contribution in [0.5, 0.6) is 0 Å². The van der Waals surface area contributed by atoms with E-state index in [0.29, 0.717) is 5.71 Å². The van der Waals surface area contributed by atoms with Crippen LogP contribution in [0.3, 0.4) is 0 Å². The Morgan fingerprint density at radius 1 is 0.857 bits per heavy atom. The van der Waals surface area contributed by atoms with E-state index < -0.39 is 0 Å². The molecule has 0 N–H and O–H groups in total. The van der Waals surface area contributed by atoms with Crippen LogP contribution in [0.2, 0.25) is 0 Å². The Morgan fingerprint density at radius 2 is 1.68 bits per heavy atom. The number of benzene rings is 2. The molecular weight excluding hydrogens is 344 g/mol. The summed E-state index contributed by atoms with van der Waals surface area (Å²) in [6.45, 7) is 4.12. The predicted molar refractivity (Wildman–Crippen MR) is 113 cm³/mol. The van der Waals surface area contributed by atoms with Crippen molar-refractivity contribution in [3.8, 4) is 22.4 Å². The van der Waals surface area contributed by atoms with Crippen LogP contribution in [0.1, 0.15) is 11.3 Å². The highest BCUT2D eigenvalue weighted by Crippen LogP contribution is 2.37. The van der Waals surface area contributed by atoms with Crippen molar-refractivity contribution < 1.29 is 8.98 Å². The Hall–Kier alpha value is -3.46. The number of rotatable bonds is 2. The van der Waals surface area contributed by atoms with Crippen molar-refractivity contribution in [1.29, 1.82) is 0 Å². The minimum absolute atomic E-state index is 0.701. The molecule has 0 radical (unpaired) electrons. The second-order valence-corrected chi connectivity index (χ2v) is 7.32. The highest BCUT2D eigenvalue weighted by Gasteiger charge is 2.20. The zero-order valence-electron chi connectivity index (χ0n) is 16.2. The second kappa shape index (κ2) is 6.31. The van der Waals surface area contributed by atoms with Gasteiger partial charge in [-0.3, -0.25) is 0 Å². The van der Waals surface area contributed by atoms with E-state index in [1.165, 1.54) is 16.7 Å². The van der Waals surface area contributed by atoms with E-state index in [1.807, 2.05) is 19.1 Å². The highest BCUT2D eigenvalue weighted by molar-refractivity contribution is 6.09. The summed E-state index contributed by atoms with van der Waals surface area (Å²) < 4.78 is 8.42. The number of pyridine rings is 2. The van der Waals surface area contributed by atoms with Crippen molar-refractivity contribution in [2.45, 2.75) is 13.8 Å². The number of furan rings is 1. The van der Waals surface area contributed by atoms with E-state index in [9.17, 15) is 0 Å². The molecule has 0 aliphatic heterocycles. The van der Waals surface area contributed by atoms with Crippen molar-refractivity contribution in [3.05, 3.63) is 84.2 Å². The molecule has 0 saturated heterocycles. The van der Waals surface area contributed by atoms with Crippen LogP contribution in [0.15, 0.2) is 77.3 Å². The molecule has 0 bridgehead atoms. The number of fused-ring (bicyclic) bond motifs is 3. The van der Waals surface area contributed by atoms with Gasteiger partial charge in [0.05, 0.1) is 5.56 Å². The highest BCUT2D eigenvalue weighted by atomic mass is 16.3. The van der Waals surface area contributed by atoms with E-state index in [4.69, 9.17) is 4.42 Å². The Kier molecular flexibility index (Phi) is 3.76. The van der Waals surface area contributed by atoms with Crippen LogP contribution in [0.4, 0.5) is 0 Å². The van der Waals surface area contributed by atoms with Gasteiger partial charge in [-0.1, -0.05) is 36.4 Å². The van der Waals surface area contributed by atoms with Crippen LogP contribution < -0.4 is 4.57 Å². The molecule has 0 saturated carbocycles. The van der Waals surface area contributed by atoms with E-state index in [0.717, 1.165) is 33.3 Å². The molecule has 3 nitrogen and oxygen atoms in total. The minimum atomic E-state index is 0.701. The van der Waals surface area contributed by atoms with Gasteiger partial charge in [0.25, 0.3) is 0 Å². The molecule has 2 aromatic carbocycles. The van der Waals surface area contributed by atoms with Crippen LogP contribution >= 0.6 is 0 Å². The lowest BCUT2D eigenvalue weighted by Crippen LogP contribution is -2.30. The molecule has 5 rings (SSSR count). The van der Waals surface area contributed by atoms with Gasteiger partial charge >= 0.3 is 0 Å². The third-order valence-corrected chi connectivity index (χ3v) is 5.37. The lowest BCUT2D eigenvalue weighted by molar-refractivity contribution is -0.660. The molecule has 0 fully saturated rings. The molecule has 3 aromatic heterocycles. The van der Waals surface area contributed by atoms with Crippen molar-refractivity contribution in [3.63, 3.8) is 0 Å². The van der Waals surface area contributed by atoms with Gasteiger partial charge in [0.15, 0.2) is 11.8 Å². The second-order valence-electron chi connectivity index (χ2n) is 7.32. The van der Waals surface area contributed by atoms with Gasteiger partial charge in [-0.15, -0.1) is 0 Å². The van der Waals surface area contributed by atoms with Crippen molar-refractivity contribution in [2.75, 3.05) is 0 Å². The van der Waals surface area contributed by atoms with Gasteiger partial charge in [0, 0.05) is 28.6 Å². The number of nitrogens with zero attached hydrogens (tertiary/aromatic N) is 2. The molecule has 3 heterocycles. The summed E-state index contributed by atoms with van der Waals surface area (Å²) in [4.78, 5) is 4.60. The first-order chi connectivity index (χ1) is 13.6. The molecule has 136 valence electrons. The van der Waals surface area contributed by atoms with Crippen LogP contribution in [0, 0.1) is 13.8 Å².